The summed E-state index contributed by atoms with van der Waals surface area (Å²) in [5, 5.41) is 0. The molecule has 2 heterocycles. The van der Waals surface area contributed by atoms with Crippen LogP contribution in [0.1, 0.15) is 24.1 Å². The number of benzene rings is 2. The van der Waals surface area contributed by atoms with E-state index in [0.717, 1.165) is 24.2 Å². The summed E-state index contributed by atoms with van der Waals surface area (Å²) in [6.07, 6.45) is 0.927. The molecule has 0 saturated carbocycles. The van der Waals surface area contributed by atoms with Crippen molar-refractivity contribution in [2.45, 2.75) is 19.4 Å². The van der Waals surface area contributed by atoms with E-state index >= 15 is 0 Å². The van der Waals surface area contributed by atoms with Crippen LogP contribution in [0.25, 0.3) is 0 Å². The zero-order valence-corrected chi connectivity index (χ0v) is 13.5. The molecule has 1 atom stereocenters. The van der Waals surface area contributed by atoms with Crippen LogP contribution in [0, 0.1) is 0 Å². The quantitative estimate of drug-likeness (QED) is 0.809. The van der Waals surface area contributed by atoms with Gasteiger partial charge >= 0.3 is 5.97 Å². The van der Waals surface area contributed by atoms with E-state index in [-0.39, 0.29) is 12.8 Å². The fourth-order valence-corrected chi connectivity index (χ4v) is 3.38. The van der Waals surface area contributed by atoms with E-state index in [4.69, 9.17) is 14.2 Å². The highest BCUT2D eigenvalue weighted by molar-refractivity contribution is 5.83. The molecular weight excluding hydrogens is 306 g/mol. The fourth-order valence-electron chi connectivity index (χ4n) is 3.38. The van der Waals surface area contributed by atoms with Crippen LogP contribution in [0.4, 0.5) is 5.69 Å². The number of anilines is 1. The van der Waals surface area contributed by atoms with Crippen molar-refractivity contribution in [3.63, 3.8) is 0 Å². The van der Waals surface area contributed by atoms with Gasteiger partial charge in [0.15, 0.2) is 17.5 Å². The molecule has 0 fully saturated rings. The molecule has 0 aromatic heterocycles. The maximum absolute atomic E-state index is 12.7. The van der Waals surface area contributed by atoms with E-state index in [1.54, 1.807) is 0 Å². The van der Waals surface area contributed by atoms with Crippen molar-refractivity contribution >= 4 is 11.7 Å². The van der Waals surface area contributed by atoms with Crippen molar-refractivity contribution in [3.05, 3.63) is 53.6 Å². The highest BCUT2D eigenvalue weighted by atomic mass is 16.7. The van der Waals surface area contributed by atoms with Crippen LogP contribution in [0.2, 0.25) is 0 Å². The van der Waals surface area contributed by atoms with Crippen LogP contribution in [0.15, 0.2) is 42.5 Å². The summed E-state index contributed by atoms with van der Waals surface area (Å²) >= 11 is 0. The van der Waals surface area contributed by atoms with Gasteiger partial charge in [-0.2, -0.15) is 0 Å². The topological polar surface area (TPSA) is 48.0 Å². The molecular formula is C19H19NO4. The van der Waals surface area contributed by atoms with Gasteiger partial charge in [-0.05, 0) is 42.7 Å². The Morgan fingerprint density at radius 1 is 1.21 bits per heavy atom. The molecule has 24 heavy (non-hydrogen) atoms. The molecule has 124 valence electrons. The Labute approximate surface area is 140 Å². The summed E-state index contributed by atoms with van der Waals surface area (Å²) < 4.78 is 16.2. The normalized spacial score (nSPS) is 16.0. The molecule has 5 nitrogen and oxygen atoms in total. The summed E-state index contributed by atoms with van der Waals surface area (Å²) in [6, 6.07) is 13.4. The third-order valence-electron chi connectivity index (χ3n) is 4.46. The third-order valence-corrected chi connectivity index (χ3v) is 4.46. The number of carbonyl (C=O) groups is 1. The minimum absolute atomic E-state index is 0.218. The lowest BCUT2D eigenvalue weighted by Crippen LogP contribution is -2.34. The van der Waals surface area contributed by atoms with Gasteiger partial charge in [-0.15, -0.1) is 0 Å². The van der Waals surface area contributed by atoms with E-state index in [0.29, 0.717) is 18.1 Å². The van der Waals surface area contributed by atoms with E-state index in [1.165, 1.54) is 5.56 Å². The van der Waals surface area contributed by atoms with Gasteiger partial charge in [0.2, 0.25) is 6.79 Å². The van der Waals surface area contributed by atoms with Crippen molar-refractivity contribution < 1.29 is 19.0 Å². The lowest BCUT2D eigenvalue weighted by Gasteiger charge is -2.29. The van der Waals surface area contributed by atoms with Gasteiger partial charge in [-0.25, -0.2) is 4.79 Å². The molecule has 5 heteroatoms. The van der Waals surface area contributed by atoms with Gasteiger partial charge in [0.05, 0.1) is 6.61 Å². The van der Waals surface area contributed by atoms with Gasteiger partial charge in [0.1, 0.15) is 0 Å². The predicted molar refractivity (Wildman–Crippen MR) is 89.4 cm³/mol. The summed E-state index contributed by atoms with van der Waals surface area (Å²) in [5.74, 6) is 1.14. The van der Waals surface area contributed by atoms with Crippen LogP contribution in [-0.2, 0) is 16.0 Å². The molecule has 0 amide bonds. The SMILES string of the molecule is CCOC(=O)C(c1ccc2c(c1)OCO2)N1CCc2ccccc21. The number of nitrogens with zero attached hydrogens (tertiary/aromatic N) is 1. The van der Waals surface area contributed by atoms with E-state index in [1.807, 2.05) is 37.3 Å². The summed E-state index contributed by atoms with van der Waals surface area (Å²) in [6.45, 7) is 3.19. The largest absolute Gasteiger partial charge is 0.464 e. The number of fused-ring (bicyclic) bond motifs is 2. The van der Waals surface area contributed by atoms with Gasteiger partial charge in [-0.3, -0.25) is 0 Å². The first-order valence-electron chi connectivity index (χ1n) is 8.18. The molecule has 0 spiro atoms. The molecule has 0 bridgehead atoms. The molecule has 0 N–H and O–H groups in total. The molecule has 2 aromatic carbocycles. The maximum atomic E-state index is 12.7. The minimum atomic E-state index is -0.483. The first kappa shape index (κ1) is 14.9. The van der Waals surface area contributed by atoms with Crippen LogP contribution in [-0.4, -0.2) is 25.9 Å². The first-order chi connectivity index (χ1) is 11.8. The lowest BCUT2D eigenvalue weighted by molar-refractivity contribution is -0.144. The lowest BCUT2D eigenvalue weighted by atomic mass is 10.0. The molecule has 2 aromatic rings. The molecule has 2 aliphatic rings. The van der Waals surface area contributed by atoms with Gasteiger partial charge < -0.3 is 19.1 Å². The molecule has 0 radical (unpaired) electrons. The Hall–Kier alpha value is -2.69. The van der Waals surface area contributed by atoms with Crippen LogP contribution >= 0.6 is 0 Å². The minimum Gasteiger partial charge on any atom is -0.464 e. The second-order valence-electron chi connectivity index (χ2n) is 5.84. The van der Waals surface area contributed by atoms with Crippen LogP contribution in [0.5, 0.6) is 11.5 Å². The Morgan fingerprint density at radius 3 is 2.92 bits per heavy atom. The van der Waals surface area contributed by atoms with Crippen molar-refractivity contribution in [1.29, 1.82) is 0 Å². The zero-order chi connectivity index (χ0) is 16.5. The van der Waals surface area contributed by atoms with Crippen molar-refractivity contribution in [1.82, 2.24) is 0 Å². The fraction of sp³-hybridized carbons (Fsp3) is 0.316. The number of carbonyl (C=O) groups excluding carboxylic acids is 1. The highest BCUT2D eigenvalue weighted by Gasteiger charge is 2.34. The Balaban J connectivity index is 1.74. The summed E-state index contributed by atoms with van der Waals surface area (Å²) in [5.41, 5.74) is 3.20. The Bertz CT molecular complexity index is 774. The third kappa shape index (κ3) is 2.46. The Morgan fingerprint density at radius 2 is 2.04 bits per heavy atom. The monoisotopic (exact) mass is 325 g/mol. The average Bonchev–Trinajstić information content (AvgIpc) is 3.22. The highest BCUT2D eigenvalue weighted by Crippen LogP contribution is 2.39. The standard InChI is InChI=1S/C19H19NO4/c1-2-22-19(21)18(14-7-8-16-17(11-14)24-12-23-16)20-10-9-13-5-3-4-6-15(13)20/h3-8,11,18H,2,9-10,12H2,1H3. The molecule has 4 rings (SSSR count). The number of esters is 1. The number of rotatable bonds is 4. The van der Waals surface area contributed by atoms with Gasteiger partial charge in [-0.1, -0.05) is 24.3 Å². The smallest absolute Gasteiger partial charge is 0.333 e. The summed E-state index contributed by atoms with van der Waals surface area (Å²) in [7, 11) is 0. The number of para-hydroxylation sites is 1. The summed E-state index contributed by atoms with van der Waals surface area (Å²) in [4.78, 5) is 14.8. The van der Waals surface area contributed by atoms with Gasteiger partial charge in [0.25, 0.3) is 0 Å². The van der Waals surface area contributed by atoms with Gasteiger partial charge in [0, 0.05) is 12.2 Å². The van der Waals surface area contributed by atoms with E-state index in [9.17, 15) is 4.79 Å². The number of ether oxygens (including phenoxy) is 3. The zero-order valence-electron chi connectivity index (χ0n) is 13.5. The second kappa shape index (κ2) is 6.07. The van der Waals surface area contributed by atoms with Crippen molar-refractivity contribution in [2.24, 2.45) is 0 Å². The second-order valence-corrected chi connectivity index (χ2v) is 5.84. The molecule has 0 aliphatic carbocycles. The molecule has 1 unspecified atom stereocenters. The number of hydrogen-bond donors (Lipinski definition) is 0. The average molecular weight is 325 g/mol. The molecule has 0 saturated heterocycles. The van der Waals surface area contributed by atoms with Crippen molar-refractivity contribution in [3.8, 4) is 11.5 Å². The maximum Gasteiger partial charge on any atom is 0.333 e. The number of hydrogen-bond acceptors (Lipinski definition) is 5. The predicted octanol–water partition coefficient (Wildman–Crippen LogP) is 3.08. The van der Waals surface area contributed by atoms with E-state index < -0.39 is 6.04 Å². The molecule has 2 aliphatic heterocycles. The Kier molecular flexibility index (Phi) is 3.76. The van der Waals surface area contributed by atoms with Crippen LogP contribution < -0.4 is 14.4 Å². The van der Waals surface area contributed by atoms with E-state index in [2.05, 4.69) is 17.0 Å². The first-order valence-corrected chi connectivity index (χ1v) is 8.18. The van der Waals surface area contributed by atoms with Crippen molar-refractivity contribution in [2.75, 3.05) is 24.8 Å². The van der Waals surface area contributed by atoms with Crippen LogP contribution in [0.3, 0.4) is 0 Å².